The minimum atomic E-state index is -0.533. The van der Waals surface area contributed by atoms with Crippen LogP contribution in [-0.4, -0.2) is 47.9 Å². The Hall–Kier alpha value is -2.44. The van der Waals surface area contributed by atoms with Crippen molar-refractivity contribution in [3.63, 3.8) is 0 Å². The van der Waals surface area contributed by atoms with Crippen molar-refractivity contribution in [2.45, 2.75) is 45.4 Å². The highest BCUT2D eigenvalue weighted by atomic mass is 16.6. The molecule has 1 saturated heterocycles. The Morgan fingerprint density at radius 3 is 2.88 bits per heavy atom. The van der Waals surface area contributed by atoms with Crippen molar-refractivity contribution < 1.29 is 23.7 Å². The summed E-state index contributed by atoms with van der Waals surface area (Å²) in [5.41, 5.74) is -0.0515. The summed E-state index contributed by atoms with van der Waals surface area (Å²) >= 11 is 0. The summed E-state index contributed by atoms with van der Waals surface area (Å²) in [5, 5.41) is 2.92. The minimum absolute atomic E-state index is 0.107. The molecule has 1 N–H and O–H groups in total. The van der Waals surface area contributed by atoms with Crippen LogP contribution in [0.5, 0.6) is 0 Å². The van der Waals surface area contributed by atoms with Gasteiger partial charge in [-0.25, -0.2) is 4.79 Å². The second-order valence-electron chi connectivity index (χ2n) is 6.84. The lowest BCUT2D eigenvalue weighted by Gasteiger charge is -2.24. The highest BCUT2D eigenvalue weighted by molar-refractivity contribution is 5.93. The maximum absolute atomic E-state index is 12.3. The lowest BCUT2D eigenvalue weighted by molar-refractivity contribution is -0.683. The summed E-state index contributed by atoms with van der Waals surface area (Å²) in [6.07, 6.45) is 4.46. The maximum Gasteiger partial charge on any atom is 0.410 e. The van der Waals surface area contributed by atoms with Crippen LogP contribution >= 0.6 is 0 Å². The first-order valence-electron chi connectivity index (χ1n) is 8.00. The van der Waals surface area contributed by atoms with Crippen LogP contribution in [0.3, 0.4) is 0 Å². The zero-order valence-electron chi connectivity index (χ0n) is 14.3. The first-order chi connectivity index (χ1) is 11.3. The number of pyridine rings is 1. The standard InChI is InChI=1S/C17H23N3O4/c1-17(2,3)24-16(23)20-8-6-14(12-20)18-15(22)13-5-4-7-19(11-13)9-10-21/h4-5,7,10-11,14H,6,8-9,12H2,1-3H3/p+1/t14-/m0/s1. The van der Waals surface area contributed by atoms with Gasteiger partial charge < -0.3 is 15.0 Å². The van der Waals surface area contributed by atoms with E-state index in [0.717, 1.165) is 6.29 Å². The molecule has 7 heteroatoms. The van der Waals surface area contributed by atoms with E-state index in [1.54, 1.807) is 34.0 Å². The first-order valence-corrected chi connectivity index (χ1v) is 8.00. The number of hydrogen-bond donors (Lipinski definition) is 1. The van der Waals surface area contributed by atoms with E-state index in [1.807, 2.05) is 20.8 Å². The maximum atomic E-state index is 12.3. The number of aromatic nitrogens is 1. The molecule has 2 amide bonds. The largest absolute Gasteiger partial charge is 0.444 e. The molecule has 1 aromatic heterocycles. The van der Waals surface area contributed by atoms with Gasteiger partial charge in [0, 0.05) is 25.2 Å². The van der Waals surface area contributed by atoms with Crippen LogP contribution in [0.2, 0.25) is 0 Å². The van der Waals surface area contributed by atoms with Crippen LogP contribution in [0.1, 0.15) is 37.6 Å². The third kappa shape index (κ3) is 5.04. The van der Waals surface area contributed by atoms with Gasteiger partial charge in [0.1, 0.15) is 11.2 Å². The molecule has 0 aliphatic carbocycles. The number of nitrogens with one attached hydrogen (secondary N) is 1. The quantitative estimate of drug-likeness (QED) is 0.656. The number of carbonyl (C=O) groups is 3. The van der Waals surface area contributed by atoms with E-state index in [4.69, 9.17) is 4.74 Å². The summed E-state index contributed by atoms with van der Waals surface area (Å²) in [5.74, 6) is -0.216. The summed E-state index contributed by atoms with van der Waals surface area (Å²) < 4.78 is 6.98. The molecule has 1 aliphatic rings. The molecular weight excluding hydrogens is 310 g/mol. The van der Waals surface area contributed by atoms with E-state index in [-0.39, 0.29) is 24.6 Å². The van der Waals surface area contributed by atoms with Crippen molar-refractivity contribution in [1.29, 1.82) is 0 Å². The van der Waals surface area contributed by atoms with Gasteiger partial charge in [0.15, 0.2) is 18.7 Å². The molecule has 2 heterocycles. The molecule has 0 saturated carbocycles. The zero-order valence-corrected chi connectivity index (χ0v) is 14.3. The molecule has 1 aromatic rings. The van der Waals surface area contributed by atoms with Crippen molar-refractivity contribution in [3.05, 3.63) is 30.1 Å². The third-order valence-corrected chi connectivity index (χ3v) is 3.58. The van der Waals surface area contributed by atoms with E-state index in [1.165, 1.54) is 0 Å². The number of aldehydes is 1. The zero-order chi connectivity index (χ0) is 17.7. The van der Waals surface area contributed by atoms with Gasteiger partial charge in [0.25, 0.3) is 5.91 Å². The Morgan fingerprint density at radius 2 is 2.21 bits per heavy atom. The Kier molecular flexibility index (Phi) is 5.54. The summed E-state index contributed by atoms with van der Waals surface area (Å²) in [6.45, 7) is 6.66. The lowest BCUT2D eigenvalue weighted by atomic mass is 10.2. The van der Waals surface area contributed by atoms with Crippen LogP contribution in [-0.2, 0) is 16.1 Å². The number of rotatable bonds is 4. The molecule has 0 radical (unpaired) electrons. The monoisotopic (exact) mass is 334 g/mol. The fourth-order valence-corrected chi connectivity index (χ4v) is 2.50. The average Bonchev–Trinajstić information content (AvgIpc) is 2.95. The third-order valence-electron chi connectivity index (χ3n) is 3.58. The molecule has 0 spiro atoms. The van der Waals surface area contributed by atoms with Crippen molar-refractivity contribution in [3.8, 4) is 0 Å². The van der Waals surface area contributed by atoms with Gasteiger partial charge >= 0.3 is 6.09 Å². The highest BCUT2D eigenvalue weighted by Crippen LogP contribution is 2.15. The molecule has 7 nitrogen and oxygen atoms in total. The van der Waals surface area contributed by atoms with Crippen LogP contribution in [0, 0.1) is 0 Å². The Balaban J connectivity index is 1.91. The van der Waals surface area contributed by atoms with Crippen LogP contribution in [0.4, 0.5) is 4.79 Å². The average molecular weight is 334 g/mol. The Labute approximate surface area is 141 Å². The number of likely N-dealkylation sites (tertiary alicyclic amines) is 1. The predicted octanol–water partition coefficient (Wildman–Crippen LogP) is 0.912. The molecule has 1 aliphatic heterocycles. The topological polar surface area (TPSA) is 79.6 Å². The molecule has 1 atom stereocenters. The van der Waals surface area contributed by atoms with Crippen molar-refractivity contribution in [1.82, 2.24) is 10.2 Å². The van der Waals surface area contributed by atoms with Gasteiger partial charge in [-0.15, -0.1) is 0 Å². The fraction of sp³-hybridized carbons (Fsp3) is 0.529. The lowest BCUT2D eigenvalue weighted by Crippen LogP contribution is -2.41. The summed E-state index contributed by atoms with van der Waals surface area (Å²) in [6, 6.07) is 3.31. The van der Waals surface area contributed by atoms with Gasteiger partial charge in [-0.3, -0.25) is 9.59 Å². The molecule has 0 aromatic carbocycles. The number of amides is 2. The van der Waals surface area contributed by atoms with Gasteiger partial charge in [-0.2, -0.15) is 4.57 Å². The van der Waals surface area contributed by atoms with Gasteiger partial charge in [-0.1, -0.05) is 0 Å². The smallest absolute Gasteiger partial charge is 0.410 e. The molecule has 2 rings (SSSR count). The van der Waals surface area contributed by atoms with Crippen molar-refractivity contribution in [2.24, 2.45) is 0 Å². The van der Waals surface area contributed by atoms with Crippen LogP contribution in [0.15, 0.2) is 24.5 Å². The summed E-state index contributed by atoms with van der Waals surface area (Å²) in [4.78, 5) is 36.5. The molecule has 24 heavy (non-hydrogen) atoms. The number of carbonyl (C=O) groups excluding carboxylic acids is 3. The summed E-state index contributed by atoms with van der Waals surface area (Å²) in [7, 11) is 0. The fourth-order valence-electron chi connectivity index (χ4n) is 2.50. The van der Waals surface area contributed by atoms with E-state index in [2.05, 4.69) is 5.32 Å². The minimum Gasteiger partial charge on any atom is -0.444 e. The predicted molar refractivity (Wildman–Crippen MR) is 86.4 cm³/mol. The van der Waals surface area contributed by atoms with E-state index < -0.39 is 5.60 Å². The molecule has 130 valence electrons. The molecule has 1 fully saturated rings. The highest BCUT2D eigenvalue weighted by Gasteiger charge is 2.30. The van der Waals surface area contributed by atoms with E-state index in [9.17, 15) is 14.4 Å². The number of nitrogens with zero attached hydrogens (tertiary/aromatic N) is 2. The van der Waals surface area contributed by atoms with Crippen LogP contribution < -0.4 is 9.88 Å². The van der Waals surface area contributed by atoms with Crippen molar-refractivity contribution in [2.75, 3.05) is 13.1 Å². The molecule has 0 bridgehead atoms. The molecular formula is C17H24N3O4+. The van der Waals surface area contributed by atoms with Crippen molar-refractivity contribution >= 4 is 18.3 Å². The normalized spacial score (nSPS) is 17.5. The van der Waals surface area contributed by atoms with E-state index >= 15 is 0 Å². The number of hydrogen-bond acceptors (Lipinski definition) is 4. The van der Waals surface area contributed by atoms with Gasteiger partial charge in [0.05, 0.1) is 0 Å². The van der Waals surface area contributed by atoms with Crippen LogP contribution in [0.25, 0.3) is 0 Å². The first kappa shape index (κ1) is 17.9. The van der Waals surface area contributed by atoms with Gasteiger partial charge in [0.2, 0.25) is 6.54 Å². The number of ether oxygens (including phenoxy) is 1. The second kappa shape index (κ2) is 7.42. The van der Waals surface area contributed by atoms with E-state index in [0.29, 0.717) is 25.1 Å². The Bertz CT molecular complexity index is 625. The second-order valence-corrected chi connectivity index (χ2v) is 6.84. The van der Waals surface area contributed by atoms with Gasteiger partial charge in [-0.05, 0) is 33.3 Å². The SMILES string of the molecule is CC(C)(C)OC(=O)N1CC[C@H](NC(=O)c2ccc[n+](CC=O)c2)C1. The Morgan fingerprint density at radius 1 is 1.46 bits per heavy atom. The molecule has 0 unspecified atom stereocenters.